The summed E-state index contributed by atoms with van der Waals surface area (Å²) in [6.45, 7) is 1.59. The Morgan fingerprint density at radius 1 is 1.22 bits per heavy atom. The maximum Gasteiger partial charge on any atom is 0.308 e. The number of carbonyl (C=O) groups excluding carboxylic acids is 1. The first-order chi connectivity index (χ1) is 11.1. The quantitative estimate of drug-likeness (QED) is 0.904. The molecule has 1 N–H and O–H groups in total. The minimum absolute atomic E-state index is 0.0465. The van der Waals surface area contributed by atoms with Gasteiger partial charge in [-0.3, -0.25) is 9.59 Å². The highest BCUT2D eigenvalue weighted by atomic mass is 16.5. The lowest BCUT2D eigenvalue weighted by Crippen LogP contribution is -2.30. The summed E-state index contributed by atoms with van der Waals surface area (Å²) in [5.41, 5.74) is 0.995. The van der Waals surface area contributed by atoms with Gasteiger partial charge in [-0.15, -0.1) is 0 Å². The van der Waals surface area contributed by atoms with Gasteiger partial charge in [0.05, 0.1) is 12.0 Å². The molecule has 23 heavy (non-hydrogen) atoms. The SMILES string of the molecule is O=C(O)[C@@H]1CN(C(=O)CC[C@H]2CCCO2)C[C@@H]1c1ccccc1. The molecule has 0 aliphatic carbocycles. The van der Waals surface area contributed by atoms with Gasteiger partial charge in [0.1, 0.15) is 0 Å². The van der Waals surface area contributed by atoms with Crippen molar-refractivity contribution in [1.82, 2.24) is 4.90 Å². The van der Waals surface area contributed by atoms with E-state index in [0.29, 0.717) is 19.5 Å². The Morgan fingerprint density at radius 2 is 2.00 bits per heavy atom. The van der Waals surface area contributed by atoms with Gasteiger partial charge in [0.2, 0.25) is 5.91 Å². The van der Waals surface area contributed by atoms with E-state index in [0.717, 1.165) is 31.4 Å². The van der Waals surface area contributed by atoms with Gasteiger partial charge in [-0.2, -0.15) is 0 Å². The van der Waals surface area contributed by atoms with Crippen molar-refractivity contribution >= 4 is 11.9 Å². The van der Waals surface area contributed by atoms with Crippen LogP contribution in [0.5, 0.6) is 0 Å². The number of hydrogen-bond donors (Lipinski definition) is 1. The Bertz CT molecular complexity index is 553. The molecule has 5 heteroatoms. The number of likely N-dealkylation sites (tertiary alicyclic amines) is 1. The Morgan fingerprint density at radius 3 is 2.65 bits per heavy atom. The average molecular weight is 317 g/mol. The molecule has 1 aromatic rings. The summed E-state index contributed by atoms with van der Waals surface area (Å²) >= 11 is 0. The Labute approximate surface area is 136 Å². The van der Waals surface area contributed by atoms with E-state index in [1.165, 1.54) is 0 Å². The first-order valence-electron chi connectivity index (χ1n) is 8.32. The van der Waals surface area contributed by atoms with Crippen molar-refractivity contribution in [3.63, 3.8) is 0 Å². The van der Waals surface area contributed by atoms with Crippen LogP contribution in [0.3, 0.4) is 0 Å². The van der Waals surface area contributed by atoms with Crippen molar-refractivity contribution in [1.29, 1.82) is 0 Å². The monoisotopic (exact) mass is 317 g/mol. The number of carboxylic acids is 1. The number of amides is 1. The molecular weight excluding hydrogens is 294 g/mol. The average Bonchev–Trinajstić information content (AvgIpc) is 3.23. The molecule has 2 aliphatic rings. The van der Waals surface area contributed by atoms with Gasteiger partial charge in [-0.1, -0.05) is 30.3 Å². The third-order valence-corrected chi connectivity index (χ3v) is 4.92. The standard InChI is InChI=1S/C18H23NO4/c20-17(9-8-14-7-4-10-23-14)19-11-15(16(12-19)18(21)22)13-5-2-1-3-6-13/h1-3,5-6,14-16H,4,7-12H2,(H,21,22)/t14-,15-,16-/m1/s1. The van der Waals surface area contributed by atoms with E-state index in [1.807, 2.05) is 30.3 Å². The summed E-state index contributed by atoms with van der Waals surface area (Å²) in [5.74, 6) is -1.43. The number of aliphatic carboxylic acids is 1. The normalized spacial score (nSPS) is 27.3. The van der Waals surface area contributed by atoms with E-state index in [2.05, 4.69) is 0 Å². The van der Waals surface area contributed by atoms with Crippen LogP contribution < -0.4 is 0 Å². The highest BCUT2D eigenvalue weighted by molar-refractivity contribution is 5.79. The zero-order valence-corrected chi connectivity index (χ0v) is 13.2. The Balaban J connectivity index is 1.62. The fourth-order valence-electron chi connectivity index (χ4n) is 3.61. The number of rotatable bonds is 5. The molecule has 2 heterocycles. The van der Waals surface area contributed by atoms with Gasteiger partial charge in [0.15, 0.2) is 0 Å². The predicted molar refractivity (Wildman–Crippen MR) is 85.1 cm³/mol. The minimum Gasteiger partial charge on any atom is -0.481 e. The second kappa shape index (κ2) is 7.13. The van der Waals surface area contributed by atoms with Crippen molar-refractivity contribution in [2.75, 3.05) is 19.7 Å². The van der Waals surface area contributed by atoms with E-state index in [1.54, 1.807) is 4.90 Å². The van der Waals surface area contributed by atoms with Crippen LogP contribution in [0.1, 0.15) is 37.2 Å². The number of ether oxygens (including phenoxy) is 1. The van der Waals surface area contributed by atoms with E-state index < -0.39 is 11.9 Å². The van der Waals surface area contributed by atoms with Gasteiger partial charge in [-0.25, -0.2) is 0 Å². The maximum absolute atomic E-state index is 12.4. The van der Waals surface area contributed by atoms with Crippen molar-refractivity contribution in [2.24, 2.45) is 5.92 Å². The number of benzene rings is 1. The molecule has 1 amide bonds. The van der Waals surface area contributed by atoms with Crippen LogP contribution in [0, 0.1) is 5.92 Å². The molecule has 2 fully saturated rings. The molecule has 2 saturated heterocycles. The van der Waals surface area contributed by atoms with Crippen LogP contribution in [0.15, 0.2) is 30.3 Å². The molecule has 124 valence electrons. The van der Waals surface area contributed by atoms with Crippen LogP contribution in [0.2, 0.25) is 0 Å². The fourth-order valence-corrected chi connectivity index (χ4v) is 3.61. The largest absolute Gasteiger partial charge is 0.481 e. The van der Waals surface area contributed by atoms with Crippen LogP contribution in [0.25, 0.3) is 0 Å². The smallest absolute Gasteiger partial charge is 0.308 e. The number of carboxylic acid groups (broad SMARTS) is 1. The van der Waals surface area contributed by atoms with Gasteiger partial charge >= 0.3 is 5.97 Å². The summed E-state index contributed by atoms with van der Waals surface area (Å²) in [6, 6.07) is 9.63. The zero-order valence-electron chi connectivity index (χ0n) is 13.2. The van der Waals surface area contributed by atoms with Crippen molar-refractivity contribution in [3.8, 4) is 0 Å². The lowest BCUT2D eigenvalue weighted by molar-refractivity contribution is -0.141. The van der Waals surface area contributed by atoms with Crippen LogP contribution in [-0.2, 0) is 14.3 Å². The van der Waals surface area contributed by atoms with Gasteiger partial charge in [0.25, 0.3) is 0 Å². The highest BCUT2D eigenvalue weighted by Gasteiger charge is 2.40. The van der Waals surface area contributed by atoms with Crippen LogP contribution in [0.4, 0.5) is 0 Å². The summed E-state index contributed by atoms with van der Waals surface area (Å²) < 4.78 is 5.55. The predicted octanol–water partition coefficient (Wildman–Crippen LogP) is 2.27. The number of nitrogens with zero attached hydrogens (tertiary/aromatic N) is 1. The summed E-state index contributed by atoms with van der Waals surface area (Å²) in [5, 5.41) is 9.49. The fraction of sp³-hybridized carbons (Fsp3) is 0.556. The van der Waals surface area contributed by atoms with Crippen molar-refractivity contribution in [2.45, 2.75) is 37.7 Å². The molecular formula is C18H23NO4. The summed E-state index contributed by atoms with van der Waals surface area (Å²) in [4.78, 5) is 25.7. The van der Waals surface area contributed by atoms with E-state index in [4.69, 9.17) is 4.74 Å². The topological polar surface area (TPSA) is 66.8 Å². The van der Waals surface area contributed by atoms with E-state index >= 15 is 0 Å². The maximum atomic E-state index is 12.4. The van der Waals surface area contributed by atoms with Crippen LogP contribution >= 0.6 is 0 Å². The number of hydrogen-bond acceptors (Lipinski definition) is 3. The minimum atomic E-state index is -0.826. The van der Waals surface area contributed by atoms with Gasteiger partial charge in [0, 0.05) is 32.0 Å². The van der Waals surface area contributed by atoms with E-state index in [-0.39, 0.29) is 17.9 Å². The second-order valence-corrected chi connectivity index (χ2v) is 6.43. The molecule has 1 aromatic carbocycles. The second-order valence-electron chi connectivity index (χ2n) is 6.43. The lowest BCUT2D eigenvalue weighted by atomic mass is 9.89. The molecule has 0 aromatic heterocycles. The Kier molecular flexibility index (Phi) is 4.96. The molecule has 5 nitrogen and oxygen atoms in total. The number of carbonyl (C=O) groups is 2. The first-order valence-corrected chi connectivity index (χ1v) is 8.32. The molecule has 0 unspecified atom stereocenters. The molecule has 0 bridgehead atoms. The molecule has 0 radical (unpaired) electrons. The molecule has 3 rings (SSSR count). The van der Waals surface area contributed by atoms with Crippen molar-refractivity contribution in [3.05, 3.63) is 35.9 Å². The Hall–Kier alpha value is -1.88. The summed E-state index contributed by atoms with van der Waals surface area (Å²) in [7, 11) is 0. The molecule has 3 atom stereocenters. The highest BCUT2D eigenvalue weighted by Crippen LogP contribution is 2.33. The third-order valence-electron chi connectivity index (χ3n) is 4.92. The van der Waals surface area contributed by atoms with Gasteiger partial charge < -0.3 is 14.7 Å². The first kappa shape index (κ1) is 16.0. The molecule has 0 saturated carbocycles. The lowest BCUT2D eigenvalue weighted by Gasteiger charge is -2.17. The molecule has 2 aliphatic heterocycles. The summed E-state index contributed by atoms with van der Waals surface area (Å²) in [6.07, 6.45) is 3.47. The van der Waals surface area contributed by atoms with Gasteiger partial charge in [-0.05, 0) is 24.8 Å². The van der Waals surface area contributed by atoms with Crippen LogP contribution in [-0.4, -0.2) is 47.7 Å². The molecule has 0 spiro atoms. The van der Waals surface area contributed by atoms with E-state index in [9.17, 15) is 14.7 Å². The third kappa shape index (κ3) is 3.72. The zero-order chi connectivity index (χ0) is 16.2. The van der Waals surface area contributed by atoms with Crippen molar-refractivity contribution < 1.29 is 19.4 Å².